The quantitative estimate of drug-likeness (QED) is 0.557. The summed E-state index contributed by atoms with van der Waals surface area (Å²) in [4.78, 5) is 8.92. The van der Waals surface area contributed by atoms with Gasteiger partial charge in [-0.1, -0.05) is 35.9 Å². The van der Waals surface area contributed by atoms with Gasteiger partial charge in [-0.25, -0.2) is 4.98 Å². The topological polar surface area (TPSA) is 51.0 Å². The fourth-order valence-corrected chi connectivity index (χ4v) is 2.49. The summed E-state index contributed by atoms with van der Waals surface area (Å²) in [6.07, 6.45) is 0. The Morgan fingerprint density at radius 3 is 2.57 bits per heavy atom. The zero-order valence-corrected chi connectivity index (χ0v) is 12.8. The smallest absolute Gasteiger partial charge is 0.249 e. The summed E-state index contributed by atoms with van der Waals surface area (Å²) < 4.78 is 5.77. The number of anilines is 2. The van der Waals surface area contributed by atoms with E-state index in [0.717, 1.165) is 11.3 Å². The lowest BCUT2D eigenvalue weighted by Crippen LogP contribution is -1.92. The van der Waals surface area contributed by atoms with Gasteiger partial charge in [0.15, 0.2) is 0 Å². The van der Waals surface area contributed by atoms with Crippen molar-refractivity contribution in [3.05, 3.63) is 71.8 Å². The summed E-state index contributed by atoms with van der Waals surface area (Å²) in [5.74, 6) is 1.21. The predicted molar refractivity (Wildman–Crippen MR) is 92.0 cm³/mol. The Bertz CT molecular complexity index is 966. The summed E-state index contributed by atoms with van der Waals surface area (Å²) >= 11 is 6.01. The van der Waals surface area contributed by atoms with Crippen LogP contribution in [-0.4, -0.2) is 9.97 Å². The molecule has 4 aromatic rings. The van der Waals surface area contributed by atoms with E-state index in [1.54, 1.807) is 0 Å². The van der Waals surface area contributed by atoms with E-state index in [1.165, 1.54) is 0 Å². The minimum atomic E-state index is 0.487. The van der Waals surface area contributed by atoms with Gasteiger partial charge in [0, 0.05) is 16.3 Å². The van der Waals surface area contributed by atoms with Gasteiger partial charge >= 0.3 is 0 Å². The van der Waals surface area contributed by atoms with Crippen LogP contribution in [0, 0.1) is 0 Å². The second kappa shape index (κ2) is 5.74. The number of hydrogen-bond donors (Lipinski definition) is 1. The highest BCUT2D eigenvalue weighted by Gasteiger charge is 2.10. The number of para-hydroxylation sites is 1. The Kier molecular flexibility index (Phi) is 3.44. The molecule has 2 aromatic carbocycles. The molecule has 1 N–H and O–H groups in total. The summed E-state index contributed by atoms with van der Waals surface area (Å²) in [5.41, 5.74) is 2.99. The lowest BCUT2D eigenvalue weighted by Gasteiger charge is -2.03. The van der Waals surface area contributed by atoms with Crippen molar-refractivity contribution in [2.24, 2.45) is 0 Å². The van der Waals surface area contributed by atoms with E-state index in [4.69, 9.17) is 16.0 Å². The average Bonchev–Trinajstić information content (AvgIpc) is 2.99. The third-order valence-electron chi connectivity index (χ3n) is 3.37. The highest BCUT2D eigenvalue weighted by atomic mass is 35.5. The fourth-order valence-electron chi connectivity index (χ4n) is 2.30. The Hall–Kier alpha value is -2.85. The van der Waals surface area contributed by atoms with E-state index in [9.17, 15) is 0 Å². The van der Waals surface area contributed by atoms with Gasteiger partial charge in [-0.05, 0) is 42.5 Å². The maximum Gasteiger partial charge on any atom is 0.249 e. The molecular weight excluding hydrogens is 310 g/mol. The Labute approximate surface area is 137 Å². The lowest BCUT2D eigenvalue weighted by atomic mass is 10.2. The van der Waals surface area contributed by atoms with Gasteiger partial charge in [-0.3, -0.25) is 0 Å². The normalized spacial score (nSPS) is 10.8. The summed E-state index contributed by atoms with van der Waals surface area (Å²) in [6.45, 7) is 0. The minimum absolute atomic E-state index is 0.487. The molecule has 23 heavy (non-hydrogen) atoms. The van der Waals surface area contributed by atoms with Crippen LogP contribution in [0.1, 0.15) is 0 Å². The van der Waals surface area contributed by atoms with Crippen molar-refractivity contribution >= 4 is 34.3 Å². The first-order valence-electron chi connectivity index (χ1n) is 7.13. The second-order valence-electron chi connectivity index (χ2n) is 5.04. The second-order valence-corrected chi connectivity index (χ2v) is 5.48. The van der Waals surface area contributed by atoms with Gasteiger partial charge in [0.25, 0.3) is 0 Å². The monoisotopic (exact) mass is 321 g/mol. The highest BCUT2D eigenvalue weighted by molar-refractivity contribution is 6.30. The molecule has 0 unspecified atom stereocenters. The van der Waals surface area contributed by atoms with E-state index in [2.05, 4.69) is 15.3 Å². The van der Waals surface area contributed by atoms with Crippen molar-refractivity contribution in [3.8, 4) is 11.5 Å². The number of fused-ring (bicyclic) bond motifs is 1. The van der Waals surface area contributed by atoms with Crippen molar-refractivity contribution in [2.45, 2.75) is 0 Å². The molecule has 0 atom stereocenters. The van der Waals surface area contributed by atoms with Gasteiger partial charge in [0.2, 0.25) is 11.6 Å². The average molecular weight is 322 g/mol. The molecule has 0 saturated heterocycles. The number of aromatic nitrogens is 2. The first kappa shape index (κ1) is 13.8. The molecule has 112 valence electrons. The van der Waals surface area contributed by atoms with Crippen molar-refractivity contribution in [3.63, 3.8) is 0 Å². The van der Waals surface area contributed by atoms with E-state index in [-0.39, 0.29) is 0 Å². The number of oxazole rings is 1. The van der Waals surface area contributed by atoms with Gasteiger partial charge in [-0.2, -0.15) is 4.98 Å². The van der Waals surface area contributed by atoms with Crippen LogP contribution in [0.4, 0.5) is 11.5 Å². The van der Waals surface area contributed by atoms with Crippen molar-refractivity contribution in [1.29, 1.82) is 0 Å². The number of rotatable bonds is 3. The SMILES string of the molecule is Clc1cccc(-c2nc3ccc(Nc4ccccc4)nc3o2)c1. The third kappa shape index (κ3) is 2.89. The van der Waals surface area contributed by atoms with E-state index < -0.39 is 0 Å². The first-order valence-corrected chi connectivity index (χ1v) is 7.51. The van der Waals surface area contributed by atoms with E-state index in [1.807, 2.05) is 66.7 Å². The van der Waals surface area contributed by atoms with E-state index in [0.29, 0.717) is 28.0 Å². The first-order chi connectivity index (χ1) is 11.3. The summed E-state index contributed by atoms with van der Waals surface area (Å²) in [5, 5.41) is 3.88. The third-order valence-corrected chi connectivity index (χ3v) is 3.61. The number of nitrogens with one attached hydrogen (secondary N) is 1. The Morgan fingerprint density at radius 2 is 1.74 bits per heavy atom. The molecule has 0 aliphatic heterocycles. The van der Waals surface area contributed by atoms with Crippen LogP contribution in [0.25, 0.3) is 22.7 Å². The number of nitrogens with zero attached hydrogens (tertiary/aromatic N) is 2. The zero-order chi connectivity index (χ0) is 15.6. The lowest BCUT2D eigenvalue weighted by molar-refractivity contribution is 0.608. The molecule has 0 aliphatic carbocycles. The fraction of sp³-hybridized carbons (Fsp3) is 0. The van der Waals surface area contributed by atoms with Gasteiger partial charge in [0.1, 0.15) is 11.3 Å². The van der Waals surface area contributed by atoms with Gasteiger partial charge in [-0.15, -0.1) is 0 Å². The molecule has 0 saturated carbocycles. The van der Waals surface area contributed by atoms with Gasteiger partial charge in [0.05, 0.1) is 0 Å². The standard InChI is InChI=1S/C18H12ClN3O/c19-13-6-4-5-12(11-13)17-21-15-9-10-16(22-18(15)23-17)20-14-7-2-1-3-8-14/h1-11H,(H,20,22). The van der Waals surface area contributed by atoms with Crippen LogP contribution in [0.2, 0.25) is 5.02 Å². The predicted octanol–water partition coefficient (Wildman–Crippen LogP) is 5.29. The van der Waals surface area contributed by atoms with Crippen LogP contribution in [0.15, 0.2) is 71.1 Å². The van der Waals surface area contributed by atoms with Crippen LogP contribution >= 0.6 is 11.6 Å². The minimum Gasteiger partial charge on any atom is -0.418 e. The van der Waals surface area contributed by atoms with Crippen LogP contribution in [0.3, 0.4) is 0 Å². The molecule has 0 aliphatic rings. The Balaban J connectivity index is 1.69. The van der Waals surface area contributed by atoms with E-state index >= 15 is 0 Å². The molecule has 0 fully saturated rings. The number of benzene rings is 2. The van der Waals surface area contributed by atoms with Crippen molar-refractivity contribution in [1.82, 2.24) is 9.97 Å². The molecule has 0 bridgehead atoms. The zero-order valence-electron chi connectivity index (χ0n) is 12.0. The number of halogens is 1. The molecule has 2 heterocycles. The summed E-state index contributed by atoms with van der Waals surface area (Å²) in [6, 6.07) is 21.0. The van der Waals surface area contributed by atoms with Crippen LogP contribution in [-0.2, 0) is 0 Å². The molecule has 0 radical (unpaired) electrons. The largest absolute Gasteiger partial charge is 0.418 e. The molecule has 4 rings (SSSR count). The molecule has 5 heteroatoms. The number of pyridine rings is 1. The number of hydrogen-bond acceptors (Lipinski definition) is 4. The summed E-state index contributed by atoms with van der Waals surface area (Å²) in [7, 11) is 0. The Morgan fingerprint density at radius 1 is 0.870 bits per heavy atom. The molecular formula is C18H12ClN3O. The molecule has 0 spiro atoms. The molecule has 4 nitrogen and oxygen atoms in total. The molecule has 0 amide bonds. The van der Waals surface area contributed by atoms with Gasteiger partial charge < -0.3 is 9.73 Å². The maximum atomic E-state index is 6.01. The maximum absolute atomic E-state index is 6.01. The van der Waals surface area contributed by atoms with Crippen molar-refractivity contribution in [2.75, 3.05) is 5.32 Å². The highest BCUT2D eigenvalue weighted by Crippen LogP contribution is 2.26. The molecule has 2 aromatic heterocycles. The van der Waals surface area contributed by atoms with Crippen molar-refractivity contribution < 1.29 is 4.42 Å². The van der Waals surface area contributed by atoms with Crippen LogP contribution in [0.5, 0.6) is 0 Å². The van der Waals surface area contributed by atoms with Crippen LogP contribution < -0.4 is 5.32 Å².